The molecule has 2 N–H and O–H groups in total. The van der Waals surface area contributed by atoms with E-state index in [4.69, 9.17) is 11.0 Å². The molecule has 1 unspecified atom stereocenters. The molecule has 3 heteroatoms. The fraction of sp³-hybridized carbons (Fsp3) is 0.176. The first-order chi connectivity index (χ1) is 9.68. The summed E-state index contributed by atoms with van der Waals surface area (Å²) in [6.07, 6.45) is 0.547. The van der Waals surface area contributed by atoms with Crippen LogP contribution in [0.5, 0.6) is 0 Å². The minimum atomic E-state index is -1.15. The number of Topliss-reactive ketones (excluding diaryl/α,β-unsaturated/α-hetero) is 1. The van der Waals surface area contributed by atoms with E-state index >= 15 is 0 Å². The first-order valence-electron chi connectivity index (χ1n) is 6.49. The van der Waals surface area contributed by atoms with Crippen molar-refractivity contribution < 1.29 is 4.79 Å². The largest absolute Gasteiger partial charge is 0.315 e. The Hall–Kier alpha value is -2.44. The summed E-state index contributed by atoms with van der Waals surface area (Å²) in [5, 5.41) is 8.81. The zero-order valence-corrected chi connectivity index (χ0v) is 11.1. The van der Waals surface area contributed by atoms with Crippen LogP contribution in [0.25, 0.3) is 0 Å². The number of hydrogen-bond donors (Lipinski definition) is 1. The summed E-state index contributed by atoms with van der Waals surface area (Å²) >= 11 is 0. The highest BCUT2D eigenvalue weighted by Gasteiger charge is 2.35. The number of hydrogen-bond acceptors (Lipinski definition) is 3. The first-order valence-corrected chi connectivity index (χ1v) is 6.49. The van der Waals surface area contributed by atoms with Crippen LogP contribution in [-0.2, 0) is 5.54 Å². The lowest BCUT2D eigenvalue weighted by molar-refractivity contribution is 0.0878. The molecule has 0 spiro atoms. The van der Waals surface area contributed by atoms with Crippen molar-refractivity contribution in [3.63, 3.8) is 0 Å². The maximum Gasteiger partial charge on any atom is 0.187 e. The van der Waals surface area contributed by atoms with Crippen LogP contribution in [0.1, 0.15) is 28.8 Å². The summed E-state index contributed by atoms with van der Waals surface area (Å²) < 4.78 is 0. The van der Waals surface area contributed by atoms with Gasteiger partial charge in [-0.05, 0) is 12.0 Å². The molecule has 20 heavy (non-hydrogen) atoms. The number of nitrogens with two attached hydrogens (primary N) is 1. The minimum absolute atomic E-state index is 0.153. The van der Waals surface area contributed by atoms with E-state index in [0.717, 1.165) is 5.56 Å². The van der Waals surface area contributed by atoms with E-state index in [-0.39, 0.29) is 12.2 Å². The van der Waals surface area contributed by atoms with Gasteiger partial charge >= 0.3 is 0 Å². The van der Waals surface area contributed by atoms with Crippen LogP contribution >= 0.6 is 0 Å². The molecular weight excluding hydrogens is 248 g/mol. The molecule has 2 rings (SSSR count). The van der Waals surface area contributed by atoms with Crippen LogP contribution in [0.2, 0.25) is 0 Å². The van der Waals surface area contributed by atoms with Crippen molar-refractivity contribution in [1.29, 1.82) is 5.26 Å². The van der Waals surface area contributed by atoms with Crippen molar-refractivity contribution in [2.75, 3.05) is 0 Å². The Balaban J connectivity index is 2.43. The van der Waals surface area contributed by atoms with E-state index in [1.165, 1.54) is 0 Å². The maximum atomic E-state index is 12.7. The van der Waals surface area contributed by atoms with Gasteiger partial charge in [0.2, 0.25) is 0 Å². The number of carbonyl (C=O) groups is 1. The molecule has 3 nitrogen and oxygen atoms in total. The van der Waals surface area contributed by atoms with Crippen molar-refractivity contribution >= 4 is 5.78 Å². The number of carbonyl (C=O) groups excluding carboxylic acids is 1. The fourth-order valence-electron chi connectivity index (χ4n) is 2.22. The van der Waals surface area contributed by atoms with Crippen LogP contribution in [-0.4, -0.2) is 5.78 Å². The van der Waals surface area contributed by atoms with Gasteiger partial charge in [0.25, 0.3) is 0 Å². The predicted octanol–water partition coefficient (Wildman–Crippen LogP) is 3.03. The van der Waals surface area contributed by atoms with Crippen molar-refractivity contribution in [3.05, 3.63) is 71.8 Å². The van der Waals surface area contributed by atoms with Gasteiger partial charge in [0.15, 0.2) is 5.78 Å². The number of nitrogens with zero attached hydrogens (tertiary/aromatic N) is 1. The third-order valence-electron chi connectivity index (χ3n) is 3.36. The lowest BCUT2D eigenvalue weighted by Crippen LogP contribution is -2.45. The minimum Gasteiger partial charge on any atom is -0.315 e. The second kappa shape index (κ2) is 6.14. The number of ketones is 1. The van der Waals surface area contributed by atoms with Crippen molar-refractivity contribution in [2.45, 2.75) is 18.4 Å². The molecule has 0 aliphatic carbocycles. The lowest BCUT2D eigenvalue weighted by atomic mass is 9.80. The molecule has 0 saturated carbocycles. The third kappa shape index (κ3) is 2.76. The number of nitriles is 1. The lowest BCUT2D eigenvalue weighted by Gasteiger charge is -2.28. The molecule has 100 valence electrons. The van der Waals surface area contributed by atoms with Gasteiger partial charge in [-0.2, -0.15) is 5.26 Å². The molecule has 0 bridgehead atoms. The summed E-state index contributed by atoms with van der Waals surface area (Å²) in [5.74, 6) is -0.153. The molecule has 0 fully saturated rings. The van der Waals surface area contributed by atoms with Crippen molar-refractivity contribution in [3.8, 4) is 6.07 Å². The van der Waals surface area contributed by atoms with Crippen LogP contribution in [0, 0.1) is 11.3 Å². The van der Waals surface area contributed by atoms with E-state index in [1.54, 1.807) is 12.1 Å². The summed E-state index contributed by atoms with van der Waals surface area (Å²) in [7, 11) is 0. The Morgan fingerprint density at radius 3 is 2.15 bits per heavy atom. The average molecular weight is 264 g/mol. The quantitative estimate of drug-likeness (QED) is 0.844. The molecule has 2 aromatic rings. The summed E-state index contributed by atoms with van der Waals surface area (Å²) in [6, 6.07) is 20.3. The van der Waals surface area contributed by atoms with E-state index in [9.17, 15) is 4.79 Å². The molecule has 0 aromatic heterocycles. The predicted molar refractivity (Wildman–Crippen MR) is 77.9 cm³/mol. The van der Waals surface area contributed by atoms with Gasteiger partial charge in [-0.3, -0.25) is 4.79 Å². The topological polar surface area (TPSA) is 66.9 Å². The molecule has 0 saturated heterocycles. The van der Waals surface area contributed by atoms with E-state index in [0.29, 0.717) is 12.0 Å². The normalized spacial score (nSPS) is 13.2. The van der Waals surface area contributed by atoms with Gasteiger partial charge in [-0.25, -0.2) is 0 Å². The molecule has 0 aliphatic heterocycles. The third-order valence-corrected chi connectivity index (χ3v) is 3.36. The second-order valence-corrected chi connectivity index (χ2v) is 4.69. The highest BCUT2D eigenvalue weighted by atomic mass is 16.1. The Bertz CT molecular complexity index is 616. The van der Waals surface area contributed by atoms with Crippen LogP contribution in [0.3, 0.4) is 0 Å². The molecular formula is C17H16N2O. The number of benzene rings is 2. The van der Waals surface area contributed by atoms with Crippen LogP contribution < -0.4 is 5.73 Å². The maximum absolute atomic E-state index is 12.7. The standard InChI is InChI=1S/C17H16N2O/c18-13-7-12-17(19,15-10-5-2-6-11-15)16(20)14-8-3-1-4-9-14/h1-6,8-11H,7,12,19H2. The molecule has 0 amide bonds. The van der Waals surface area contributed by atoms with Gasteiger partial charge in [0.05, 0.1) is 6.07 Å². The van der Waals surface area contributed by atoms with Gasteiger partial charge < -0.3 is 5.73 Å². The molecule has 1 atom stereocenters. The van der Waals surface area contributed by atoms with E-state index in [2.05, 4.69) is 6.07 Å². The smallest absolute Gasteiger partial charge is 0.187 e. The highest BCUT2D eigenvalue weighted by Crippen LogP contribution is 2.28. The highest BCUT2D eigenvalue weighted by molar-refractivity contribution is 6.03. The SMILES string of the molecule is N#CCCC(N)(C(=O)c1ccccc1)c1ccccc1. The van der Waals surface area contributed by atoms with Gasteiger partial charge in [-0.1, -0.05) is 60.7 Å². The van der Waals surface area contributed by atoms with Crippen LogP contribution in [0.15, 0.2) is 60.7 Å². The zero-order valence-electron chi connectivity index (χ0n) is 11.1. The Morgan fingerprint density at radius 2 is 1.60 bits per heavy atom. The zero-order chi connectivity index (χ0) is 14.4. The average Bonchev–Trinajstić information content (AvgIpc) is 2.53. The summed E-state index contributed by atoms with van der Waals surface area (Å²) in [6.45, 7) is 0. The van der Waals surface area contributed by atoms with Crippen molar-refractivity contribution in [2.24, 2.45) is 5.73 Å². The van der Waals surface area contributed by atoms with Crippen molar-refractivity contribution in [1.82, 2.24) is 0 Å². The fourth-order valence-corrected chi connectivity index (χ4v) is 2.22. The molecule has 2 aromatic carbocycles. The monoisotopic (exact) mass is 264 g/mol. The summed E-state index contributed by atoms with van der Waals surface area (Å²) in [5.41, 5.74) is 6.53. The Morgan fingerprint density at radius 1 is 1.05 bits per heavy atom. The molecule has 0 aliphatic rings. The Kier molecular flexibility index (Phi) is 4.29. The molecule has 0 heterocycles. The van der Waals surface area contributed by atoms with Crippen LogP contribution in [0.4, 0.5) is 0 Å². The molecule has 0 radical (unpaired) electrons. The van der Waals surface area contributed by atoms with Gasteiger partial charge in [0, 0.05) is 12.0 Å². The second-order valence-electron chi connectivity index (χ2n) is 4.69. The Labute approximate surface area is 118 Å². The first kappa shape index (κ1) is 14.0. The van der Waals surface area contributed by atoms with E-state index < -0.39 is 5.54 Å². The number of rotatable bonds is 5. The van der Waals surface area contributed by atoms with Gasteiger partial charge in [-0.15, -0.1) is 0 Å². The van der Waals surface area contributed by atoms with Gasteiger partial charge in [0.1, 0.15) is 5.54 Å². The summed E-state index contributed by atoms with van der Waals surface area (Å²) in [4.78, 5) is 12.7. The van der Waals surface area contributed by atoms with E-state index in [1.807, 2.05) is 48.5 Å².